The minimum absolute atomic E-state index is 0.00244. The van der Waals surface area contributed by atoms with E-state index in [9.17, 15) is 13.2 Å². The molecular formula is C20H19ClN4O3S. The van der Waals surface area contributed by atoms with Crippen LogP contribution in [0.2, 0.25) is 5.02 Å². The van der Waals surface area contributed by atoms with E-state index in [1.54, 1.807) is 12.1 Å². The van der Waals surface area contributed by atoms with Crippen molar-refractivity contribution in [3.63, 3.8) is 0 Å². The van der Waals surface area contributed by atoms with Gasteiger partial charge in [-0.3, -0.25) is 4.79 Å². The van der Waals surface area contributed by atoms with Crippen LogP contribution in [-0.2, 0) is 23.1 Å². The Hall–Kier alpha value is -2.81. The highest BCUT2D eigenvalue weighted by Gasteiger charge is 2.34. The van der Waals surface area contributed by atoms with Crippen LogP contribution in [0.3, 0.4) is 0 Å². The summed E-state index contributed by atoms with van der Waals surface area (Å²) in [5, 5.41) is 0.241. The summed E-state index contributed by atoms with van der Waals surface area (Å²) >= 11 is 6.54. The second-order valence-electron chi connectivity index (χ2n) is 6.77. The molecule has 0 spiro atoms. The van der Waals surface area contributed by atoms with Crippen LogP contribution in [-0.4, -0.2) is 29.7 Å². The topological polar surface area (TPSA) is 111 Å². The molecule has 2 aromatic carbocycles. The molecule has 4 rings (SSSR count). The fourth-order valence-corrected chi connectivity index (χ4v) is 5.43. The van der Waals surface area contributed by atoms with Crippen LogP contribution in [0.4, 0.5) is 5.69 Å². The van der Waals surface area contributed by atoms with Gasteiger partial charge in [-0.25, -0.2) is 8.42 Å². The fourth-order valence-electron chi connectivity index (χ4n) is 3.63. The van der Waals surface area contributed by atoms with Gasteiger partial charge in [-0.15, -0.1) is 0 Å². The van der Waals surface area contributed by atoms with Crippen molar-refractivity contribution in [1.29, 1.82) is 0 Å². The lowest BCUT2D eigenvalue weighted by molar-refractivity contribution is 0.0998. The van der Waals surface area contributed by atoms with Crippen LogP contribution in [0.5, 0.6) is 0 Å². The number of primary amides is 1. The number of hydrogen-bond donors (Lipinski definition) is 2. The van der Waals surface area contributed by atoms with Gasteiger partial charge in [-0.1, -0.05) is 41.9 Å². The van der Waals surface area contributed by atoms with E-state index in [1.807, 2.05) is 34.9 Å². The van der Waals surface area contributed by atoms with Crippen LogP contribution >= 0.6 is 11.6 Å². The molecule has 1 amide bonds. The van der Waals surface area contributed by atoms with Crippen LogP contribution in [0.15, 0.2) is 59.5 Å². The number of nitrogen functional groups attached to an aromatic ring is 1. The molecule has 1 aliphatic heterocycles. The summed E-state index contributed by atoms with van der Waals surface area (Å²) in [5.41, 5.74) is 13.9. The quantitative estimate of drug-likeness (QED) is 0.619. The Bertz CT molecular complexity index is 1190. The number of benzene rings is 2. The van der Waals surface area contributed by atoms with Gasteiger partial charge >= 0.3 is 0 Å². The zero-order valence-corrected chi connectivity index (χ0v) is 16.9. The smallest absolute Gasteiger partial charge is 0.252 e. The third-order valence-corrected chi connectivity index (χ3v) is 7.25. The molecule has 2 heterocycles. The SMILES string of the molecule is NC(=O)c1c(Cl)c(-c2ccccc2)n2c1CN(S(=O)(=O)c1ccc(N)cc1)CC2. The summed E-state index contributed by atoms with van der Waals surface area (Å²) in [6.07, 6.45) is 0. The lowest BCUT2D eigenvalue weighted by Crippen LogP contribution is -2.39. The van der Waals surface area contributed by atoms with Gasteiger partial charge in [0.1, 0.15) is 0 Å². The van der Waals surface area contributed by atoms with E-state index in [-0.39, 0.29) is 28.6 Å². The molecule has 0 fully saturated rings. The number of nitrogens with zero attached hydrogens (tertiary/aromatic N) is 2. The Balaban J connectivity index is 1.80. The van der Waals surface area contributed by atoms with E-state index in [4.69, 9.17) is 23.1 Å². The van der Waals surface area contributed by atoms with E-state index < -0.39 is 15.9 Å². The minimum atomic E-state index is -3.76. The monoisotopic (exact) mass is 430 g/mol. The van der Waals surface area contributed by atoms with Crippen molar-refractivity contribution in [2.45, 2.75) is 18.0 Å². The number of carbonyl (C=O) groups excluding carboxylic acids is 1. The standard InChI is InChI=1S/C20H19ClN4O3S/c21-18-17(20(23)26)16-12-24(29(27,28)15-8-6-14(22)7-9-15)10-11-25(16)19(18)13-4-2-1-3-5-13/h1-9H,10-12,22H2,(H2,23,26). The zero-order valence-electron chi connectivity index (χ0n) is 15.4. The van der Waals surface area contributed by atoms with Gasteiger partial charge in [0, 0.05) is 24.5 Å². The van der Waals surface area contributed by atoms with E-state index >= 15 is 0 Å². The predicted molar refractivity (Wildman–Crippen MR) is 112 cm³/mol. The third-order valence-electron chi connectivity index (χ3n) is 5.02. The molecule has 9 heteroatoms. The lowest BCUT2D eigenvalue weighted by atomic mass is 10.1. The third kappa shape index (κ3) is 3.29. The first kappa shape index (κ1) is 19.5. The molecule has 0 saturated carbocycles. The molecule has 0 bridgehead atoms. The lowest BCUT2D eigenvalue weighted by Gasteiger charge is -2.29. The molecule has 0 radical (unpaired) electrons. The number of anilines is 1. The molecule has 29 heavy (non-hydrogen) atoms. The summed E-state index contributed by atoms with van der Waals surface area (Å²) < 4.78 is 29.4. The molecule has 3 aromatic rings. The molecule has 0 atom stereocenters. The molecule has 1 aliphatic rings. The molecule has 0 unspecified atom stereocenters. The molecule has 0 saturated heterocycles. The first-order valence-corrected chi connectivity index (χ1v) is 10.7. The number of aromatic nitrogens is 1. The number of carbonyl (C=O) groups is 1. The van der Waals surface area contributed by atoms with Crippen LogP contribution in [0.1, 0.15) is 16.1 Å². The number of halogens is 1. The Morgan fingerprint density at radius 3 is 2.28 bits per heavy atom. The Labute approximate surface area is 173 Å². The van der Waals surface area contributed by atoms with E-state index in [0.29, 0.717) is 23.6 Å². The maximum atomic E-state index is 13.1. The highest BCUT2D eigenvalue weighted by molar-refractivity contribution is 7.89. The van der Waals surface area contributed by atoms with Crippen molar-refractivity contribution in [3.8, 4) is 11.3 Å². The predicted octanol–water partition coefficient (Wildman–Crippen LogP) is 2.69. The summed E-state index contributed by atoms with van der Waals surface area (Å²) in [6.45, 7) is 0.584. The zero-order chi connectivity index (χ0) is 20.8. The Kier molecular flexibility index (Phi) is 4.85. The summed E-state index contributed by atoms with van der Waals surface area (Å²) in [5.74, 6) is -0.687. The van der Waals surface area contributed by atoms with E-state index in [1.165, 1.54) is 16.4 Å². The average molecular weight is 431 g/mol. The van der Waals surface area contributed by atoms with Gasteiger partial charge in [-0.05, 0) is 29.8 Å². The molecule has 4 N–H and O–H groups in total. The van der Waals surface area contributed by atoms with Crippen LogP contribution < -0.4 is 11.5 Å². The maximum Gasteiger partial charge on any atom is 0.252 e. The van der Waals surface area contributed by atoms with E-state index in [2.05, 4.69) is 0 Å². The Morgan fingerprint density at radius 1 is 1.00 bits per heavy atom. The minimum Gasteiger partial charge on any atom is -0.399 e. The number of amides is 1. The summed E-state index contributed by atoms with van der Waals surface area (Å²) in [4.78, 5) is 12.3. The molecule has 150 valence electrons. The van der Waals surface area contributed by atoms with E-state index in [0.717, 1.165) is 5.56 Å². The van der Waals surface area contributed by atoms with Crippen molar-refractivity contribution in [2.24, 2.45) is 5.73 Å². The Morgan fingerprint density at radius 2 is 1.66 bits per heavy atom. The molecule has 7 nitrogen and oxygen atoms in total. The number of nitrogens with two attached hydrogens (primary N) is 2. The van der Waals surface area contributed by atoms with Crippen LogP contribution in [0, 0.1) is 0 Å². The van der Waals surface area contributed by atoms with Crippen molar-refractivity contribution in [3.05, 3.63) is 70.9 Å². The summed E-state index contributed by atoms with van der Waals surface area (Å²) in [6, 6.07) is 15.4. The van der Waals surface area contributed by atoms with Gasteiger partial charge in [0.25, 0.3) is 5.91 Å². The number of hydrogen-bond acceptors (Lipinski definition) is 4. The second kappa shape index (κ2) is 7.22. The number of rotatable bonds is 4. The fraction of sp³-hybridized carbons (Fsp3) is 0.150. The van der Waals surface area contributed by atoms with Crippen molar-refractivity contribution < 1.29 is 13.2 Å². The highest BCUT2D eigenvalue weighted by atomic mass is 35.5. The molecular weight excluding hydrogens is 412 g/mol. The summed E-state index contributed by atoms with van der Waals surface area (Å²) in [7, 11) is -3.76. The largest absolute Gasteiger partial charge is 0.399 e. The van der Waals surface area contributed by atoms with Crippen molar-refractivity contribution >= 4 is 33.2 Å². The van der Waals surface area contributed by atoms with Gasteiger partial charge in [0.15, 0.2) is 0 Å². The second-order valence-corrected chi connectivity index (χ2v) is 9.09. The highest BCUT2D eigenvalue weighted by Crippen LogP contribution is 2.38. The maximum absolute atomic E-state index is 13.1. The normalized spacial score (nSPS) is 14.5. The number of fused-ring (bicyclic) bond motifs is 1. The van der Waals surface area contributed by atoms with Gasteiger partial charge in [-0.2, -0.15) is 4.31 Å². The molecule has 0 aliphatic carbocycles. The van der Waals surface area contributed by atoms with Crippen LogP contribution in [0.25, 0.3) is 11.3 Å². The number of sulfonamides is 1. The first-order valence-electron chi connectivity index (χ1n) is 8.92. The first-order chi connectivity index (χ1) is 13.8. The van der Waals surface area contributed by atoms with Crippen molar-refractivity contribution in [2.75, 3.05) is 12.3 Å². The average Bonchev–Trinajstić information content (AvgIpc) is 3.00. The van der Waals surface area contributed by atoms with Gasteiger partial charge in [0.2, 0.25) is 10.0 Å². The van der Waals surface area contributed by atoms with Crippen molar-refractivity contribution in [1.82, 2.24) is 8.87 Å². The molecule has 1 aromatic heterocycles. The van der Waals surface area contributed by atoms with Gasteiger partial charge in [0.05, 0.1) is 27.7 Å². The van der Waals surface area contributed by atoms with Gasteiger partial charge < -0.3 is 16.0 Å².